The Kier molecular flexibility index (Phi) is 4.07. The first-order valence-electron chi connectivity index (χ1n) is 6.38. The number of hydrogen-bond donors (Lipinski definition) is 1. The summed E-state index contributed by atoms with van der Waals surface area (Å²) in [6, 6.07) is 0. The topological polar surface area (TPSA) is 47.0 Å². The van der Waals surface area contributed by atoms with Gasteiger partial charge in [-0.3, -0.25) is 0 Å². The SMILES string of the molecule is CCOC(C)c1ncc(CNC)c(C2CC2)n1. The van der Waals surface area contributed by atoms with E-state index in [0.717, 1.165) is 12.4 Å². The molecule has 0 aliphatic heterocycles. The lowest BCUT2D eigenvalue weighted by Gasteiger charge is -2.13. The highest BCUT2D eigenvalue weighted by Gasteiger charge is 2.28. The summed E-state index contributed by atoms with van der Waals surface area (Å²) in [4.78, 5) is 9.11. The standard InChI is InChI=1S/C13H21N3O/c1-4-17-9(2)13-15-8-11(7-14-3)12(16-13)10-5-6-10/h8-10,14H,4-7H2,1-3H3. The lowest BCUT2D eigenvalue weighted by atomic mass is 10.1. The average molecular weight is 235 g/mol. The third-order valence-electron chi connectivity index (χ3n) is 3.03. The van der Waals surface area contributed by atoms with Gasteiger partial charge in [0, 0.05) is 30.8 Å². The summed E-state index contributed by atoms with van der Waals surface area (Å²) >= 11 is 0. The van der Waals surface area contributed by atoms with Crippen molar-refractivity contribution < 1.29 is 4.74 Å². The van der Waals surface area contributed by atoms with Crippen molar-refractivity contribution >= 4 is 0 Å². The van der Waals surface area contributed by atoms with Gasteiger partial charge in [0.05, 0.1) is 5.69 Å². The van der Waals surface area contributed by atoms with Crippen molar-refractivity contribution in [3.63, 3.8) is 0 Å². The van der Waals surface area contributed by atoms with Crippen LogP contribution < -0.4 is 5.32 Å². The zero-order chi connectivity index (χ0) is 12.3. The Morgan fingerprint density at radius 1 is 1.53 bits per heavy atom. The monoisotopic (exact) mass is 235 g/mol. The zero-order valence-electron chi connectivity index (χ0n) is 10.9. The minimum atomic E-state index is -0.0128. The molecule has 2 rings (SSSR count). The first kappa shape index (κ1) is 12.5. The molecule has 1 aliphatic carbocycles. The van der Waals surface area contributed by atoms with E-state index in [2.05, 4.69) is 10.3 Å². The van der Waals surface area contributed by atoms with E-state index in [1.165, 1.54) is 24.1 Å². The van der Waals surface area contributed by atoms with Crippen LogP contribution in [0.1, 0.15) is 55.8 Å². The number of nitrogens with zero attached hydrogens (tertiary/aromatic N) is 2. The smallest absolute Gasteiger partial charge is 0.157 e. The summed E-state index contributed by atoms with van der Waals surface area (Å²) in [7, 11) is 1.95. The Bertz CT molecular complexity index is 377. The maximum Gasteiger partial charge on any atom is 0.157 e. The predicted molar refractivity (Wildman–Crippen MR) is 66.8 cm³/mol. The van der Waals surface area contributed by atoms with Gasteiger partial charge in [-0.15, -0.1) is 0 Å². The van der Waals surface area contributed by atoms with E-state index >= 15 is 0 Å². The van der Waals surface area contributed by atoms with E-state index < -0.39 is 0 Å². The van der Waals surface area contributed by atoms with E-state index in [1.54, 1.807) is 0 Å². The van der Waals surface area contributed by atoms with Gasteiger partial charge < -0.3 is 10.1 Å². The van der Waals surface area contributed by atoms with E-state index in [0.29, 0.717) is 12.5 Å². The van der Waals surface area contributed by atoms with Crippen LogP contribution in [-0.2, 0) is 11.3 Å². The first-order valence-corrected chi connectivity index (χ1v) is 6.38. The third-order valence-corrected chi connectivity index (χ3v) is 3.03. The van der Waals surface area contributed by atoms with Crippen molar-refractivity contribution in [2.75, 3.05) is 13.7 Å². The highest BCUT2D eigenvalue weighted by Crippen LogP contribution is 2.40. The van der Waals surface area contributed by atoms with Crippen LogP contribution in [0.5, 0.6) is 0 Å². The lowest BCUT2D eigenvalue weighted by molar-refractivity contribution is 0.0698. The van der Waals surface area contributed by atoms with Gasteiger partial charge in [0.2, 0.25) is 0 Å². The van der Waals surface area contributed by atoms with Gasteiger partial charge in [0.25, 0.3) is 0 Å². The van der Waals surface area contributed by atoms with Crippen molar-refractivity contribution in [2.45, 2.75) is 45.3 Å². The summed E-state index contributed by atoms with van der Waals surface area (Å²) in [5.41, 5.74) is 2.44. The molecule has 0 aromatic carbocycles. The molecule has 1 unspecified atom stereocenters. The molecule has 1 aromatic rings. The molecule has 0 bridgehead atoms. The van der Waals surface area contributed by atoms with Crippen molar-refractivity contribution in [1.29, 1.82) is 0 Å². The predicted octanol–water partition coefficient (Wildman–Crippen LogP) is 2.17. The molecule has 1 atom stereocenters. The Morgan fingerprint density at radius 2 is 2.29 bits per heavy atom. The quantitative estimate of drug-likeness (QED) is 0.821. The van der Waals surface area contributed by atoms with Crippen LogP contribution in [0, 0.1) is 0 Å². The van der Waals surface area contributed by atoms with E-state index in [4.69, 9.17) is 9.72 Å². The summed E-state index contributed by atoms with van der Waals surface area (Å²) < 4.78 is 5.54. The Hall–Kier alpha value is -1.00. The molecular weight excluding hydrogens is 214 g/mol. The molecule has 0 radical (unpaired) electrons. The molecule has 1 aromatic heterocycles. The van der Waals surface area contributed by atoms with Crippen LogP contribution in [-0.4, -0.2) is 23.6 Å². The summed E-state index contributed by atoms with van der Waals surface area (Å²) in [5.74, 6) is 1.46. The van der Waals surface area contributed by atoms with Crippen molar-refractivity contribution in [3.05, 3.63) is 23.3 Å². The highest BCUT2D eigenvalue weighted by molar-refractivity contribution is 5.25. The lowest BCUT2D eigenvalue weighted by Crippen LogP contribution is -2.13. The number of rotatable bonds is 6. The van der Waals surface area contributed by atoms with Gasteiger partial charge in [-0.2, -0.15) is 0 Å². The molecule has 1 aliphatic rings. The van der Waals surface area contributed by atoms with E-state index in [-0.39, 0.29) is 6.10 Å². The van der Waals surface area contributed by atoms with E-state index in [9.17, 15) is 0 Å². The average Bonchev–Trinajstić information content (AvgIpc) is 3.14. The molecule has 0 amide bonds. The van der Waals surface area contributed by atoms with Crippen LogP contribution >= 0.6 is 0 Å². The van der Waals surface area contributed by atoms with Crippen LogP contribution in [0.3, 0.4) is 0 Å². The van der Waals surface area contributed by atoms with Gasteiger partial charge in [-0.1, -0.05) is 0 Å². The highest BCUT2D eigenvalue weighted by atomic mass is 16.5. The van der Waals surface area contributed by atoms with Gasteiger partial charge in [-0.05, 0) is 33.7 Å². The van der Waals surface area contributed by atoms with Crippen LogP contribution in [0.15, 0.2) is 6.20 Å². The molecule has 1 saturated carbocycles. The zero-order valence-corrected chi connectivity index (χ0v) is 10.9. The fraction of sp³-hybridized carbons (Fsp3) is 0.692. The largest absolute Gasteiger partial charge is 0.371 e. The molecule has 0 spiro atoms. The Morgan fingerprint density at radius 3 is 2.88 bits per heavy atom. The Balaban J connectivity index is 2.22. The van der Waals surface area contributed by atoms with Gasteiger partial charge in [-0.25, -0.2) is 9.97 Å². The molecule has 94 valence electrons. The molecule has 1 N–H and O–H groups in total. The number of ether oxygens (including phenoxy) is 1. The fourth-order valence-corrected chi connectivity index (χ4v) is 1.99. The normalized spacial score (nSPS) is 17.1. The van der Waals surface area contributed by atoms with Gasteiger partial charge in [0.15, 0.2) is 5.82 Å². The first-order chi connectivity index (χ1) is 8.26. The maximum absolute atomic E-state index is 5.54. The maximum atomic E-state index is 5.54. The second-order valence-corrected chi connectivity index (χ2v) is 4.54. The molecule has 1 heterocycles. The van der Waals surface area contributed by atoms with Crippen LogP contribution in [0.4, 0.5) is 0 Å². The molecule has 4 heteroatoms. The molecule has 1 fully saturated rings. The second kappa shape index (κ2) is 5.56. The van der Waals surface area contributed by atoms with Crippen LogP contribution in [0.2, 0.25) is 0 Å². The van der Waals surface area contributed by atoms with E-state index in [1.807, 2.05) is 27.1 Å². The van der Waals surface area contributed by atoms with Crippen molar-refractivity contribution in [1.82, 2.24) is 15.3 Å². The summed E-state index contributed by atoms with van der Waals surface area (Å²) in [6.45, 7) is 5.54. The number of aromatic nitrogens is 2. The number of hydrogen-bond acceptors (Lipinski definition) is 4. The van der Waals surface area contributed by atoms with Gasteiger partial charge in [0.1, 0.15) is 6.10 Å². The molecular formula is C13H21N3O. The molecule has 0 saturated heterocycles. The minimum absolute atomic E-state index is 0.0128. The molecule has 17 heavy (non-hydrogen) atoms. The molecule has 4 nitrogen and oxygen atoms in total. The van der Waals surface area contributed by atoms with Gasteiger partial charge >= 0.3 is 0 Å². The van der Waals surface area contributed by atoms with Crippen LogP contribution in [0.25, 0.3) is 0 Å². The fourth-order valence-electron chi connectivity index (χ4n) is 1.99. The third kappa shape index (κ3) is 3.01. The summed E-state index contributed by atoms with van der Waals surface area (Å²) in [5, 5.41) is 3.17. The number of nitrogens with one attached hydrogen (secondary N) is 1. The second-order valence-electron chi connectivity index (χ2n) is 4.54. The van der Waals surface area contributed by atoms with Crippen molar-refractivity contribution in [3.8, 4) is 0 Å². The Labute approximate surface area is 103 Å². The summed E-state index contributed by atoms with van der Waals surface area (Å²) in [6.07, 6.45) is 4.45. The van der Waals surface area contributed by atoms with Crippen molar-refractivity contribution in [2.24, 2.45) is 0 Å². The minimum Gasteiger partial charge on any atom is -0.371 e.